The Balaban J connectivity index is 2.18. The second-order valence-electron chi connectivity index (χ2n) is 6.59. The van der Waals surface area contributed by atoms with Gasteiger partial charge in [0.1, 0.15) is 0 Å². The Morgan fingerprint density at radius 1 is 1.16 bits per heavy atom. The predicted octanol–water partition coefficient (Wildman–Crippen LogP) is 2.38. The van der Waals surface area contributed by atoms with E-state index in [-0.39, 0.29) is 11.3 Å². The van der Waals surface area contributed by atoms with Crippen molar-refractivity contribution in [1.29, 1.82) is 0 Å². The summed E-state index contributed by atoms with van der Waals surface area (Å²) in [7, 11) is 0. The molecule has 0 radical (unpaired) electrons. The summed E-state index contributed by atoms with van der Waals surface area (Å²) in [6, 6.07) is 9.89. The van der Waals surface area contributed by atoms with Crippen LogP contribution < -0.4 is 5.32 Å². The highest BCUT2D eigenvalue weighted by molar-refractivity contribution is 5.91. The van der Waals surface area contributed by atoms with Crippen molar-refractivity contribution >= 4 is 5.91 Å². The van der Waals surface area contributed by atoms with Crippen molar-refractivity contribution in [2.45, 2.75) is 57.1 Å². The Hall–Kier alpha value is -1.35. The van der Waals surface area contributed by atoms with Crippen LogP contribution in [0.1, 0.15) is 46.1 Å². The van der Waals surface area contributed by atoms with Crippen molar-refractivity contribution < 1.29 is 9.90 Å². The molecule has 0 spiro atoms. The normalized spacial score (nSPS) is 17.9. The molecule has 1 saturated carbocycles. The summed E-state index contributed by atoms with van der Waals surface area (Å²) in [6.07, 6.45) is 1.76. The lowest BCUT2D eigenvalue weighted by Gasteiger charge is -2.39. The average molecular weight is 261 g/mol. The summed E-state index contributed by atoms with van der Waals surface area (Å²) in [4.78, 5) is 12.6. The van der Waals surface area contributed by atoms with Gasteiger partial charge < -0.3 is 10.4 Å². The molecule has 3 nitrogen and oxygen atoms in total. The Kier molecular flexibility index (Phi) is 3.21. The molecule has 0 atom stereocenters. The van der Waals surface area contributed by atoms with E-state index < -0.39 is 11.1 Å². The largest absolute Gasteiger partial charge is 0.388 e. The standard InChI is InChI=1S/C16H23NO2/c1-14(2,15(3,4)19)17-13(18)16(10-11-16)12-8-6-5-7-9-12/h5-9,19H,10-11H2,1-4H3,(H,17,18). The molecule has 1 fully saturated rings. The van der Waals surface area contributed by atoms with Gasteiger partial charge in [-0.1, -0.05) is 30.3 Å². The van der Waals surface area contributed by atoms with Gasteiger partial charge in [-0.2, -0.15) is 0 Å². The van der Waals surface area contributed by atoms with E-state index in [9.17, 15) is 9.90 Å². The van der Waals surface area contributed by atoms with E-state index >= 15 is 0 Å². The van der Waals surface area contributed by atoms with Gasteiger partial charge in [-0.25, -0.2) is 0 Å². The molecule has 0 aromatic heterocycles. The van der Waals surface area contributed by atoms with Gasteiger partial charge in [-0.05, 0) is 46.1 Å². The van der Waals surface area contributed by atoms with E-state index in [1.54, 1.807) is 13.8 Å². The van der Waals surface area contributed by atoms with Gasteiger partial charge in [0.05, 0.1) is 16.6 Å². The maximum Gasteiger partial charge on any atom is 0.231 e. The fourth-order valence-electron chi connectivity index (χ4n) is 2.09. The number of hydrogen-bond donors (Lipinski definition) is 2. The van der Waals surface area contributed by atoms with E-state index in [1.165, 1.54) is 0 Å². The van der Waals surface area contributed by atoms with Crippen LogP contribution in [0.25, 0.3) is 0 Å². The molecule has 0 bridgehead atoms. The second kappa shape index (κ2) is 4.34. The summed E-state index contributed by atoms with van der Waals surface area (Å²) in [5, 5.41) is 13.1. The van der Waals surface area contributed by atoms with E-state index in [4.69, 9.17) is 0 Å². The topological polar surface area (TPSA) is 49.3 Å². The fraction of sp³-hybridized carbons (Fsp3) is 0.562. The number of aliphatic hydroxyl groups is 1. The first kappa shape index (κ1) is 14.1. The van der Waals surface area contributed by atoms with Crippen molar-refractivity contribution in [3.05, 3.63) is 35.9 Å². The van der Waals surface area contributed by atoms with Crippen molar-refractivity contribution in [2.24, 2.45) is 0 Å². The van der Waals surface area contributed by atoms with Crippen LogP contribution in [0.15, 0.2) is 30.3 Å². The molecule has 0 saturated heterocycles. The zero-order chi connectivity index (χ0) is 14.3. The highest BCUT2D eigenvalue weighted by Crippen LogP contribution is 2.48. The molecule has 0 aliphatic heterocycles. The molecular weight excluding hydrogens is 238 g/mol. The maximum atomic E-state index is 12.6. The average Bonchev–Trinajstić information content (AvgIpc) is 3.09. The van der Waals surface area contributed by atoms with Crippen LogP contribution in [0.4, 0.5) is 0 Å². The minimum atomic E-state index is -0.963. The van der Waals surface area contributed by atoms with E-state index in [0.29, 0.717) is 0 Å². The summed E-state index contributed by atoms with van der Waals surface area (Å²) >= 11 is 0. The molecule has 104 valence electrons. The molecule has 3 heteroatoms. The van der Waals surface area contributed by atoms with Crippen molar-refractivity contribution in [2.75, 3.05) is 0 Å². The predicted molar refractivity (Wildman–Crippen MR) is 75.9 cm³/mol. The van der Waals surface area contributed by atoms with Crippen LogP contribution in [0, 0.1) is 0 Å². The maximum absolute atomic E-state index is 12.6. The number of rotatable bonds is 4. The minimum absolute atomic E-state index is 0.0193. The van der Waals surface area contributed by atoms with Gasteiger partial charge in [-0.15, -0.1) is 0 Å². The quantitative estimate of drug-likeness (QED) is 0.874. The minimum Gasteiger partial charge on any atom is -0.388 e. The highest BCUT2D eigenvalue weighted by Gasteiger charge is 2.53. The van der Waals surface area contributed by atoms with E-state index in [0.717, 1.165) is 18.4 Å². The smallest absolute Gasteiger partial charge is 0.231 e. The molecule has 0 heterocycles. The number of hydrogen-bond acceptors (Lipinski definition) is 2. The zero-order valence-electron chi connectivity index (χ0n) is 12.2. The molecule has 1 aliphatic rings. The first-order chi connectivity index (χ1) is 8.69. The van der Waals surface area contributed by atoms with Crippen LogP contribution in [-0.4, -0.2) is 22.2 Å². The molecule has 2 rings (SSSR count). The molecule has 1 amide bonds. The van der Waals surface area contributed by atoms with Crippen LogP contribution in [0.5, 0.6) is 0 Å². The highest BCUT2D eigenvalue weighted by atomic mass is 16.3. The van der Waals surface area contributed by atoms with Crippen molar-refractivity contribution in [3.63, 3.8) is 0 Å². The summed E-state index contributed by atoms with van der Waals surface area (Å²) in [6.45, 7) is 7.14. The molecule has 1 aromatic rings. The first-order valence-corrected chi connectivity index (χ1v) is 6.80. The molecule has 2 N–H and O–H groups in total. The monoisotopic (exact) mass is 261 g/mol. The fourth-order valence-corrected chi connectivity index (χ4v) is 2.09. The summed E-state index contributed by atoms with van der Waals surface area (Å²) in [5.74, 6) is 0.0193. The summed E-state index contributed by atoms with van der Waals surface area (Å²) < 4.78 is 0. The van der Waals surface area contributed by atoms with E-state index in [2.05, 4.69) is 5.32 Å². The number of carbonyl (C=O) groups is 1. The SMILES string of the molecule is CC(C)(O)C(C)(C)NC(=O)C1(c2ccccc2)CC1. The lowest BCUT2D eigenvalue weighted by Crippen LogP contribution is -2.59. The zero-order valence-corrected chi connectivity index (χ0v) is 12.2. The Labute approximate surface area is 115 Å². The van der Waals surface area contributed by atoms with Crippen LogP contribution in [-0.2, 0) is 10.2 Å². The first-order valence-electron chi connectivity index (χ1n) is 6.80. The van der Waals surface area contributed by atoms with Crippen molar-refractivity contribution in [1.82, 2.24) is 5.32 Å². The lowest BCUT2D eigenvalue weighted by atomic mass is 9.84. The summed E-state index contributed by atoms with van der Waals surface area (Å²) in [5.41, 5.74) is -0.938. The Bertz CT molecular complexity index is 467. The van der Waals surface area contributed by atoms with Gasteiger partial charge in [0.2, 0.25) is 5.91 Å². The van der Waals surface area contributed by atoms with Crippen LogP contribution in [0.3, 0.4) is 0 Å². The lowest BCUT2D eigenvalue weighted by molar-refractivity contribution is -0.128. The van der Waals surface area contributed by atoms with Crippen LogP contribution >= 0.6 is 0 Å². The number of amides is 1. The molecular formula is C16H23NO2. The number of nitrogens with one attached hydrogen (secondary N) is 1. The Morgan fingerprint density at radius 3 is 2.11 bits per heavy atom. The third-order valence-electron chi connectivity index (χ3n) is 4.47. The third kappa shape index (κ3) is 2.52. The van der Waals surface area contributed by atoms with Gasteiger partial charge in [-0.3, -0.25) is 4.79 Å². The van der Waals surface area contributed by atoms with Gasteiger partial charge >= 0.3 is 0 Å². The van der Waals surface area contributed by atoms with E-state index in [1.807, 2.05) is 44.2 Å². The molecule has 1 aliphatic carbocycles. The molecule has 0 unspecified atom stereocenters. The van der Waals surface area contributed by atoms with Crippen LogP contribution in [0.2, 0.25) is 0 Å². The second-order valence-corrected chi connectivity index (χ2v) is 6.59. The van der Waals surface area contributed by atoms with Gasteiger partial charge in [0.15, 0.2) is 0 Å². The van der Waals surface area contributed by atoms with Gasteiger partial charge in [0, 0.05) is 0 Å². The van der Waals surface area contributed by atoms with Crippen molar-refractivity contribution in [3.8, 4) is 0 Å². The molecule has 1 aromatic carbocycles. The molecule has 19 heavy (non-hydrogen) atoms. The van der Waals surface area contributed by atoms with Gasteiger partial charge in [0.25, 0.3) is 0 Å². The Morgan fingerprint density at radius 2 is 1.68 bits per heavy atom. The third-order valence-corrected chi connectivity index (χ3v) is 4.47. The number of benzene rings is 1. The number of carbonyl (C=O) groups excluding carboxylic acids is 1.